The Morgan fingerprint density at radius 2 is 1.67 bits per heavy atom. The first-order valence-electron chi connectivity index (χ1n) is 13.1. The van der Waals surface area contributed by atoms with Crippen molar-refractivity contribution < 1.29 is 23.9 Å². The molecule has 1 saturated carbocycles. The lowest BCUT2D eigenvalue weighted by atomic mass is 9.76. The third-order valence-electron chi connectivity index (χ3n) is 7.98. The lowest BCUT2D eigenvalue weighted by molar-refractivity contribution is -0.384. The van der Waals surface area contributed by atoms with Crippen LogP contribution in [0.3, 0.4) is 0 Å². The van der Waals surface area contributed by atoms with E-state index in [0.29, 0.717) is 35.2 Å². The summed E-state index contributed by atoms with van der Waals surface area (Å²) in [5.74, 6) is 1.80. The third-order valence-corrected chi connectivity index (χ3v) is 8.23. The van der Waals surface area contributed by atoms with E-state index in [4.69, 9.17) is 25.8 Å². The van der Waals surface area contributed by atoms with Gasteiger partial charge in [0.1, 0.15) is 12.4 Å². The number of hydrogen-bond donors (Lipinski definition) is 0. The summed E-state index contributed by atoms with van der Waals surface area (Å²) < 4.78 is 17.3. The first-order chi connectivity index (χ1) is 18.9. The Morgan fingerprint density at radius 3 is 2.28 bits per heavy atom. The van der Waals surface area contributed by atoms with E-state index in [1.807, 2.05) is 41.3 Å². The third kappa shape index (κ3) is 5.13. The van der Waals surface area contributed by atoms with Crippen molar-refractivity contribution in [2.24, 2.45) is 0 Å². The molecule has 0 saturated heterocycles. The number of nitro groups is 1. The number of ether oxygens (including phenoxy) is 3. The number of methoxy groups -OCH3 is 2. The standard InChI is InChI=1S/C30H31ClN2O6/c1-37-27-17-20-13-16-32(29(34)30(14-3-4-15-30)21-5-7-22(31)8-6-21)26(25(20)18-28(27)38-2)19-39-24-11-9-23(10-12-24)33(35)36/h5-12,17-18,26H,3-4,13-16,19H2,1-2H3. The largest absolute Gasteiger partial charge is 0.493 e. The van der Waals surface area contributed by atoms with Crippen molar-refractivity contribution in [3.8, 4) is 17.2 Å². The molecule has 1 aliphatic heterocycles. The molecule has 2 aliphatic rings. The van der Waals surface area contributed by atoms with Gasteiger partial charge in [0.05, 0.1) is 30.6 Å². The maximum Gasteiger partial charge on any atom is 0.269 e. The topological polar surface area (TPSA) is 91.1 Å². The molecule has 0 N–H and O–H groups in total. The molecule has 0 aromatic heterocycles. The van der Waals surface area contributed by atoms with Gasteiger partial charge >= 0.3 is 0 Å². The van der Waals surface area contributed by atoms with E-state index in [1.54, 1.807) is 26.4 Å². The van der Waals surface area contributed by atoms with Crippen LogP contribution in [0, 0.1) is 10.1 Å². The van der Waals surface area contributed by atoms with Crippen LogP contribution in [-0.2, 0) is 16.6 Å². The van der Waals surface area contributed by atoms with Crippen molar-refractivity contribution in [3.63, 3.8) is 0 Å². The SMILES string of the molecule is COc1cc2c(cc1OC)C(COc1ccc([N+](=O)[O-])cc1)N(C(=O)C1(c3ccc(Cl)cc3)CCCC1)CC2. The minimum Gasteiger partial charge on any atom is -0.493 e. The molecular weight excluding hydrogens is 520 g/mol. The first-order valence-corrected chi connectivity index (χ1v) is 13.4. The van der Waals surface area contributed by atoms with E-state index < -0.39 is 10.3 Å². The molecule has 204 valence electrons. The van der Waals surface area contributed by atoms with Crippen LogP contribution in [0.1, 0.15) is 48.4 Å². The van der Waals surface area contributed by atoms with Crippen molar-refractivity contribution in [3.05, 3.63) is 92.5 Å². The second kappa shape index (κ2) is 11.1. The summed E-state index contributed by atoms with van der Waals surface area (Å²) in [7, 11) is 3.19. The van der Waals surface area contributed by atoms with E-state index in [-0.39, 0.29) is 24.2 Å². The molecule has 3 aromatic rings. The van der Waals surface area contributed by atoms with Gasteiger partial charge in [-0.15, -0.1) is 0 Å². The summed E-state index contributed by atoms with van der Waals surface area (Å²) >= 11 is 6.18. The molecule has 0 spiro atoms. The number of nitro benzene ring substituents is 1. The highest BCUT2D eigenvalue weighted by molar-refractivity contribution is 6.30. The van der Waals surface area contributed by atoms with Gasteiger partial charge < -0.3 is 19.1 Å². The number of nitrogens with zero attached hydrogens (tertiary/aromatic N) is 2. The molecule has 1 aliphatic carbocycles. The maximum atomic E-state index is 14.5. The Balaban J connectivity index is 1.52. The lowest BCUT2D eigenvalue weighted by Crippen LogP contribution is -2.50. The van der Waals surface area contributed by atoms with Crippen LogP contribution in [0.2, 0.25) is 5.02 Å². The molecule has 9 heteroatoms. The quantitative estimate of drug-likeness (QED) is 0.242. The van der Waals surface area contributed by atoms with Gasteiger partial charge in [0.25, 0.3) is 5.69 Å². The fourth-order valence-electron chi connectivity index (χ4n) is 5.94. The number of amides is 1. The molecule has 1 fully saturated rings. The van der Waals surface area contributed by atoms with Crippen LogP contribution in [-0.4, -0.2) is 43.1 Å². The van der Waals surface area contributed by atoms with Crippen LogP contribution < -0.4 is 14.2 Å². The number of non-ortho nitro benzene ring substituents is 1. The summed E-state index contributed by atoms with van der Waals surface area (Å²) in [6.07, 6.45) is 4.19. The number of benzene rings is 3. The van der Waals surface area contributed by atoms with Crippen LogP contribution in [0.4, 0.5) is 5.69 Å². The average molecular weight is 551 g/mol. The summed E-state index contributed by atoms with van der Waals surface area (Å²) in [6, 6.07) is 17.1. The van der Waals surface area contributed by atoms with Gasteiger partial charge in [-0.1, -0.05) is 36.6 Å². The zero-order valence-corrected chi connectivity index (χ0v) is 22.8. The fourth-order valence-corrected chi connectivity index (χ4v) is 6.06. The summed E-state index contributed by atoms with van der Waals surface area (Å²) in [6.45, 7) is 0.716. The summed E-state index contributed by atoms with van der Waals surface area (Å²) in [5, 5.41) is 11.7. The Labute approximate surface area is 232 Å². The van der Waals surface area contributed by atoms with Crippen molar-refractivity contribution in [1.29, 1.82) is 0 Å². The molecule has 8 nitrogen and oxygen atoms in total. The molecular formula is C30H31ClN2O6. The fraction of sp³-hybridized carbons (Fsp3) is 0.367. The van der Waals surface area contributed by atoms with E-state index in [2.05, 4.69) is 0 Å². The Morgan fingerprint density at radius 1 is 1.03 bits per heavy atom. The van der Waals surface area contributed by atoms with Gasteiger partial charge in [-0.25, -0.2) is 0 Å². The maximum absolute atomic E-state index is 14.5. The van der Waals surface area contributed by atoms with Crippen molar-refractivity contribution in [2.75, 3.05) is 27.4 Å². The van der Waals surface area contributed by atoms with Crippen LogP contribution >= 0.6 is 11.6 Å². The molecule has 0 radical (unpaired) electrons. The van der Waals surface area contributed by atoms with Crippen LogP contribution in [0.15, 0.2) is 60.7 Å². The van der Waals surface area contributed by atoms with Crippen LogP contribution in [0.25, 0.3) is 0 Å². The minimum absolute atomic E-state index is 0.00913. The van der Waals surface area contributed by atoms with E-state index >= 15 is 0 Å². The van der Waals surface area contributed by atoms with Gasteiger partial charge in [-0.05, 0) is 72.4 Å². The molecule has 39 heavy (non-hydrogen) atoms. The Bertz CT molecular complexity index is 1350. The second-order valence-corrected chi connectivity index (χ2v) is 10.5. The molecule has 1 amide bonds. The normalized spacial score (nSPS) is 17.8. The number of hydrogen-bond acceptors (Lipinski definition) is 6. The predicted molar refractivity (Wildman–Crippen MR) is 148 cm³/mol. The van der Waals surface area contributed by atoms with Gasteiger partial charge in [0.15, 0.2) is 11.5 Å². The van der Waals surface area contributed by atoms with E-state index in [9.17, 15) is 14.9 Å². The molecule has 1 heterocycles. The minimum atomic E-state index is -0.621. The highest BCUT2D eigenvalue weighted by Crippen LogP contribution is 2.46. The number of fused-ring (bicyclic) bond motifs is 1. The second-order valence-electron chi connectivity index (χ2n) is 10.0. The van der Waals surface area contributed by atoms with Crippen LogP contribution in [0.5, 0.6) is 17.2 Å². The highest BCUT2D eigenvalue weighted by atomic mass is 35.5. The van der Waals surface area contributed by atoms with Crippen molar-refractivity contribution in [1.82, 2.24) is 4.90 Å². The zero-order chi connectivity index (χ0) is 27.6. The number of carbonyl (C=O) groups is 1. The van der Waals surface area contributed by atoms with Gasteiger partial charge in [0.2, 0.25) is 5.91 Å². The number of carbonyl (C=O) groups excluding carboxylic acids is 1. The predicted octanol–water partition coefficient (Wildman–Crippen LogP) is 6.28. The van der Waals surface area contributed by atoms with Crippen molar-refractivity contribution >= 4 is 23.2 Å². The number of halogens is 1. The van der Waals surface area contributed by atoms with Crippen molar-refractivity contribution in [2.45, 2.75) is 43.6 Å². The highest BCUT2D eigenvalue weighted by Gasteiger charge is 2.47. The zero-order valence-electron chi connectivity index (χ0n) is 22.0. The smallest absolute Gasteiger partial charge is 0.269 e. The summed E-state index contributed by atoms with van der Waals surface area (Å²) in [5.41, 5.74) is 2.37. The summed E-state index contributed by atoms with van der Waals surface area (Å²) in [4.78, 5) is 27.1. The van der Waals surface area contributed by atoms with Gasteiger partial charge in [0, 0.05) is 23.7 Å². The Kier molecular flexibility index (Phi) is 7.66. The van der Waals surface area contributed by atoms with Gasteiger partial charge in [-0.2, -0.15) is 0 Å². The molecule has 3 aromatic carbocycles. The molecule has 1 atom stereocenters. The lowest BCUT2D eigenvalue weighted by Gasteiger charge is -2.42. The number of rotatable bonds is 8. The first kappa shape index (κ1) is 26.8. The van der Waals surface area contributed by atoms with E-state index in [1.165, 1.54) is 12.1 Å². The van der Waals surface area contributed by atoms with Gasteiger partial charge in [-0.3, -0.25) is 14.9 Å². The molecule has 1 unspecified atom stereocenters. The average Bonchev–Trinajstić information content (AvgIpc) is 3.46. The monoisotopic (exact) mass is 550 g/mol. The van der Waals surface area contributed by atoms with E-state index in [0.717, 1.165) is 42.4 Å². The molecule has 0 bridgehead atoms. The molecule has 5 rings (SSSR count). The Hall–Kier alpha value is -3.78.